The Labute approximate surface area is 247 Å². The van der Waals surface area contributed by atoms with Crippen molar-refractivity contribution >= 4 is 23.2 Å². The molecule has 0 saturated carbocycles. The molecule has 0 fully saturated rings. The smallest absolute Gasteiger partial charge is 0.434 e. The highest BCUT2D eigenvalue weighted by Gasteiger charge is 2.40. The third kappa shape index (κ3) is 7.09. The van der Waals surface area contributed by atoms with Crippen molar-refractivity contribution in [3.8, 4) is 23.1 Å². The minimum Gasteiger partial charge on any atom is -0.491 e. The number of aromatic nitrogens is 4. The molecule has 2 N–H and O–H groups in total. The van der Waals surface area contributed by atoms with Gasteiger partial charge in [0.15, 0.2) is 17.3 Å². The maximum atomic E-state index is 14.9. The Morgan fingerprint density at radius 2 is 1.73 bits per heavy atom. The lowest BCUT2D eigenvalue weighted by Gasteiger charge is -2.13. The molecule has 14 heteroatoms. The minimum absolute atomic E-state index is 0.00389. The van der Waals surface area contributed by atoms with Crippen LogP contribution in [-0.2, 0) is 6.18 Å². The van der Waals surface area contributed by atoms with Crippen LogP contribution < -0.4 is 20.1 Å². The van der Waals surface area contributed by atoms with Crippen molar-refractivity contribution in [3.05, 3.63) is 108 Å². The van der Waals surface area contributed by atoms with Crippen LogP contribution in [0.3, 0.4) is 0 Å². The highest BCUT2D eigenvalue weighted by Crippen LogP contribution is 2.34. The van der Waals surface area contributed by atoms with E-state index >= 15 is 0 Å². The number of rotatable bonds is 9. The fraction of sp³-hybridized carbons (Fsp3) is 0.133. The van der Waals surface area contributed by atoms with Gasteiger partial charge in [-0.1, -0.05) is 6.07 Å². The van der Waals surface area contributed by atoms with E-state index in [2.05, 4.69) is 25.7 Å². The van der Waals surface area contributed by atoms with Gasteiger partial charge in [0.25, 0.3) is 5.91 Å². The van der Waals surface area contributed by atoms with Crippen LogP contribution in [0.15, 0.2) is 85.2 Å². The Hall–Kier alpha value is -5.53. The minimum atomic E-state index is -4.99. The largest absolute Gasteiger partial charge is 0.491 e. The second-order valence-electron chi connectivity index (χ2n) is 9.53. The van der Waals surface area contributed by atoms with Gasteiger partial charge in [0, 0.05) is 35.8 Å². The van der Waals surface area contributed by atoms with Crippen LogP contribution in [0.4, 0.5) is 39.3 Å². The van der Waals surface area contributed by atoms with E-state index in [0.29, 0.717) is 16.1 Å². The molecule has 0 saturated heterocycles. The van der Waals surface area contributed by atoms with E-state index in [1.54, 1.807) is 24.3 Å². The van der Waals surface area contributed by atoms with Gasteiger partial charge in [-0.3, -0.25) is 4.79 Å². The Bertz CT molecular complexity index is 1790. The Kier molecular flexibility index (Phi) is 8.42. The summed E-state index contributed by atoms with van der Waals surface area (Å²) < 4.78 is 81.7. The van der Waals surface area contributed by atoms with Crippen LogP contribution in [0, 0.1) is 11.6 Å². The first-order valence-corrected chi connectivity index (χ1v) is 13.0. The molecule has 3 aromatic carbocycles. The molecule has 2 aromatic heterocycles. The van der Waals surface area contributed by atoms with E-state index in [1.807, 2.05) is 13.8 Å². The second-order valence-corrected chi connectivity index (χ2v) is 9.53. The highest BCUT2D eigenvalue weighted by atomic mass is 19.4. The predicted molar refractivity (Wildman–Crippen MR) is 150 cm³/mol. The van der Waals surface area contributed by atoms with Gasteiger partial charge >= 0.3 is 6.18 Å². The standard InChI is InChI=1S/C30H23F5N6O3/c1-17(2)43-22-5-3-4-19(14-22)39-29-36-13-12-26(40-29)44-25-11-8-20(15-24(25)32)38-28(42)23-16-37-41(27(23)30(33,34)35)21-9-6-18(31)7-10-21/h3-17H,1-2H3,(H,38,42)(H,36,39,40). The molecule has 2 heterocycles. The molecular weight excluding hydrogens is 587 g/mol. The Morgan fingerprint density at radius 3 is 2.43 bits per heavy atom. The summed E-state index contributed by atoms with van der Waals surface area (Å²) in [6.07, 6.45) is -2.88. The fourth-order valence-corrected chi connectivity index (χ4v) is 4.05. The summed E-state index contributed by atoms with van der Waals surface area (Å²) in [5, 5.41) is 8.91. The first kappa shape index (κ1) is 29.9. The third-order valence-corrected chi connectivity index (χ3v) is 5.85. The molecule has 9 nitrogen and oxygen atoms in total. The zero-order valence-corrected chi connectivity index (χ0v) is 23.1. The van der Waals surface area contributed by atoms with E-state index in [-0.39, 0.29) is 35.1 Å². The summed E-state index contributed by atoms with van der Waals surface area (Å²) in [6.45, 7) is 3.81. The van der Waals surface area contributed by atoms with Gasteiger partial charge in [0.05, 0.1) is 23.6 Å². The van der Waals surface area contributed by atoms with Crippen molar-refractivity contribution in [3.63, 3.8) is 0 Å². The summed E-state index contributed by atoms with van der Waals surface area (Å²) in [6, 6.07) is 15.9. The summed E-state index contributed by atoms with van der Waals surface area (Å²) in [5.74, 6) is -2.23. The van der Waals surface area contributed by atoms with Gasteiger partial charge in [-0.2, -0.15) is 23.3 Å². The van der Waals surface area contributed by atoms with Crippen molar-refractivity contribution in [2.24, 2.45) is 0 Å². The van der Waals surface area contributed by atoms with Gasteiger partial charge in [-0.25, -0.2) is 18.4 Å². The van der Waals surface area contributed by atoms with E-state index in [1.165, 1.54) is 24.4 Å². The van der Waals surface area contributed by atoms with E-state index in [0.717, 1.165) is 36.5 Å². The SMILES string of the molecule is CC(C)Oc1cccc(Nc2nccc(Oc3ccc(NC(=O)c4cnn(-c5ccc(F)cc5)c4C(F)(F)F)cc3F)n2)c1. The average Bonchev–Trinajstić information content (AvgIpc) is 3.42. The number of nitrogens with zero attached hydrogens (tertiary/aromatic N) is 4. The van der Waals surface area contributed by atoms with Crippen molar-refractivity contribution in [2.75, 3.05) is 10.6 Å². The summed E-state index contributed by atoms with van der Waals surface area (Å²) in [7, 11) is 0. The number of ether oxygens (including phenoxy) is 2. The molecule has 0 spiro atoms. The first-order valence-electron chi connectivity index (χ1n) is 13.0. The van der Waals surface area contributed by atoms with Gasteiger partial charge in [-0.15, -0.1) is 0 Å². The van der Waals surface area contributed by atoms with E-state index < -0.39 is 35.0 Å². The summed E-state index contributed by atoms with van der Waals surface area (Å²) in [4.78, 5) is 21.2. The monoisotopic (exact) mass is 610 g/mol. The zero-order valence-electron chi connectivity index (χ0n) is 23.1. The zero-order chi connectivity index (χ0) is 31.4. The first-order chi connectivity index (χ1) is 21.0. The van der Waals surface area contributed by atoms with Crippen LogP contribution in [0.5, 0.6) is 17.4 Å². The van der Waals surface area contributed by atoms with Crippen LogP contribution in [0.2, 0.25) is 0 Å². The second kappa shape index (κ2) is 12.4. The van der Waals surface area contributed by atoms with Crippen molar-refractivity contribution in [2.45, 2.75) is 26.1 Å². The molecule has 0 aliphatic carbocycles. The van der Waals surface area contributed by atoms with Crippen molar-refractivity contribution < 1.29 is 36.2 Å². The topological polar surface area (TPSA) is 103 Å². The molecule has 0 aliphatic heterocycles. The summed E-state index contributed by atoms with van der Waals surface area (Å²) >= 11 is 0. The number of benzene rings is 3. The molecule has 1 amide bonds. The fourth-order valence-electron chi connectivity index (χ4n) is 4.05. The Morgan fingerprint density at radius 1 is 0.955 bits per heavy atom. The molecule has 0 unspecified atom stereocenters. The molecule has 0 atom stereocenters. The van der Waals surface area contributed by atoms with Gasteiger partial charge < -0.3 is 20.1 Å². The van der Waals surface area contributed by atoms with Crippen LogP contribution >= 0.6 is 0 Å². The van der Waals surface area contributed by atoms with Crippen LogP contribution in [0.1, 0.15) is 29.9 Å². The maximum absolute atomic E-state index is 14.9. The summed E-state index contributed by atoms with van der Waals surface area (Å²) in [5.41, 5.74) is -1.80. The lowest BCUT2D eigenvalue weighted by Crippen LogP contribution is -2.20. The van der Waals surface area contributed by atoms with Crippen LogP contribution in [-0.4, -0.2) is 31.8 Å². The highest BCUT2D eigenvalue weighted by molar-refractivity contribution is 6.05. The van der Waals surface area contributed by atoms with Gasteiger partial charge in [0.2, 0.25) is 11.8 Å². The molecule has 5 aromatic rings. The van der Waals surface area contributed by atoms with E-state index in [9.17, 15) is 26.7 Å². The van der Waals surface area contributed by atoms with Gasteiger partial charge in [0.1, 0.15) is 11.6 Å². The molecular formula is C30H23F5N6O3. The number of amides is 1. The lowest BCUT2D eigenvalue weighted by atomic mass is 10.2. The average molecular weight is 611 g/mol. The van der Waals surface area contributed by atoms with Crippen molar-refractivity contribution in [1.29, 1.82) is 0 Å². The number of alkyl halides is 3. The normalized spacial score (nSPS) is 11.4. The Balaban J connectivity index is 1.30. The van der Waals surface area contributed by atoms with Crippen LogP contribution in [0.25, 0.3) is 5.69 Å². The number of hydrogen-bond acceptors (Lipinski definition) is 7. The number of carbonyl (C=O) groups excluding carboxylic acids is 1. The molecule has 44 heavy (non-hydrogen) atoms. The maximum Gasteiger partial charge on any atom is 0.434 e. The lowest BCUT2D eigenvalue weighted by molar-refractivity contribution is -0.143. The molecule has 226 valence electrons. The molecule has 5 rings (SSSR count). The number of nitrogens with one attached hydrogen (secondary N) is 2. The number of halogens is 5. The predicted octanol–water partition coefficient (Wildman–Crippen LogP) is 7.53. The molecule has 0 aliphatic rings. The number of carbonyl (C=O) groups is 1. The molecule has 0 radical (unpaired) electrons. The van der Waals surface area contributed by atoms with Gasteiger partial charge in [-0.05, 0) is 62.4 Å². The van der Waals surface area contributed by atoms with Crippen molar-refractivity contribution in [1.82, 2.24) is 19.7 Å². The quantitative estimate of drug-likeness (QED) is 0.166. The number of anilines is 3. The number of hydrogen-bond donors (Lipinski definition) is 2. The van der Waals surface area contributed by atoms with E-state index in [4.69, 9.17) is 9.47 Å². The third-order valence-electron chi connectivity index (χ3n) is 5.85. The molecule has 0 bridgehead atoms.